The second-order valence-electron chi connectivity index (χ2n) is 14.9. The molecule has 5 heteroatoms. The molecule has 0 aliphatic carbocycles. The maximum atomic E-state index is 6.36. The molecule has 0 amide bonds. The van der Waals surface area contributed by atoms with Crippen LogP contribution in [-0.4, -0.2) is 27.8 Å². The van der Waals surface area contributed by atoms with E-state index in [4.69, 9.17) is 14.4 Å². The van der Waals surface area contributed by atoms with Crippen LogP contribution in [0.1, 0.15) is 0 Å². The van der Waals surface area contributed by atoms with Crippen molar-refractivity contribution in [3.8, 4) is 39.6 Å². The van der Waals surface area contributed by atoms with Crippen molar-refractivity contribution in [1.29, 1.82) is 0 Å². The molecule has 0 N–H and O–H groups in total. The molecule has 8 aromatic carbocycles. The van der Waals surface area contributed by atoms with Crippen molar-refractivity contribution in [1.82, 2.24) is 14.5 Å². The van der Waals surface area contributed by atoms with Crippen LogP contribution in [0.15, 0.2) is 205 Å². The van der Waals surface area contributed by atoms with Gasteiger partial charge in [0, 0.05) is 0 Å². The van der Waals surface area contributed by atoms with Crippen molar-refractivity contribution in [3.05, 3.63) is 200 Å². The number of benzene rings is 8. The van der Waals surface area contributed by atoms with Gasteiger partial charge in [-0.15, -0.1) is 0 Å². The molecule has 0 unspecified atom stereocenters. The standard InChI is InChI=1S/C52H33GeN3O/c1-4-17-34(18-5-1)50-49-51(41-27-10-13-28-44(41)53(49,36-20-6-2-7-21-36)37-22-8-3-9-23-37)55-52(54-50)35-19-16-24-38(31-35)56-45-29-14-11-25-39(45)42-33-48-43(32-46(42)56)40-26-12-15-30-47(40)57-48/h1-33H. The normalized spacial score (nSPS) is 13.1. The van der Waals surface area contributed by atoms with E-state index < -0.39 is 13.3 Å². The van der Waals surface area contributed by atoms with Crippen LogP contribution >= 0.6 is 0 Å². The zero-order valence-electron chi connectivity index (χ0n) is 30.8. The Morgan fingerprint density at radius 3 is 1.84 bits per heavy atom. The van der Waals surface area contributed by atoms with Crippen molar-refractivity contribution in [2.24, 2.45) is 0 Å². The van der Waals surface area contributed by atoms with Crippen LogP contribution in [0.3, 0.4) is 0 Å². The Morgan fingerprint density at radius 1 is 0.421 bits per heavy atom. The molecule has 0 fully saturated rings. The van der Waals surface area contributed by atoms with Crippen molar-refractivity contribution in [3.63, 3.8) is 0 Å². The van der Waals surface area contributed by atoms with Gasteiger partial charge in [0.25, 0.3) is 0 Å². The van der Waals surface area contributed by atoms with Crippen LogP contribution in [0, 0.1) is 0 Å². The molecule has 12 rings (SSSR count). The molecule has 3 aromatic heterocycles. The van der Waals surface area contributed by atoms with E-state index in [0.717, 1.165) is 66.6 Å². The Hall–Kier alpha value is -7.02. The Kier molecular flexibility index (Phi) is 7.07. The van der Waals surface area contributed by atoms with Gasteiger partial charge in [-0.2, -0.15) is 0 Å². The van der Waals surface area contributed by atoms with Crippen molar-refractivity contribution >= 4 is 74.6 Å². The number of rotatable bonds is 5. The molecule has 0 saturated heterocycles. The summed E-state index contributed by atoms with van der Waals surface area (Å²) in [7, 11) is 0. The fraction of sp³-hybridized carbons (Fsp3) is 0. The van der Waals surface area contributed by atoms with E-state index >= 15 is 0 Å². The van der Waals surface area contributed by atoms with Crippen molar-refractivity contribution in [2.45, 2.75) is 0 Å². The third kappa shape index (κ3) is 4.68. The Bertz CT molecular complexity index is 3310. The molecular weight excluding hydrogens is 755 g/mol. The second-order valence-corrected chi connectivity index (χ2v) is 22.6. The molecular formula is C52H33GeN3O. The van der Waals surface area contributed by atoms with Crippen LogP contribution in [-0.2, 0) is 0 Å². The van der Waals surface area contributed by atoms with Gasteiger partial charge in [0.05, 0.1) is 0 Å². The van der Waals surface area contributed by atoms with Gasteiger partial charge < -0.3 is 4.42 Å². The van der Waals surface area contributed by atoms with Gasteiger partial charge in [-0.3, -0.25) is 0 Å². The summed E-state index contributed by atoms with van der Waals surface area (Å²) >= 11 is -3.65. The van der Waals surface area contributed by atoms with Gasteiger partial charge in [-0.1, -0.05) is 18.2 Å². The quantitative estimate of drug-likeness (QED) is 0.163. The zero-order chi connectivity index (χ0) is 37.5. The summed E-state index contributed by atoms with van der Waals surface area (Å²) in [6.07, 6.45) is 0. The van der Waals surface area contributed by atoms with Crippen LogP contribution in [0.25, 0.3) is 83.3 Å². The number of hydrogen-bond donors (Lipinski definition) is 0. The first-order valence-corrected chi connectivity index (χ1v) is 23.6. The molecule has 4 nitrogen and oxygen atoms in total. The van der Waals surface area contributed by atoms with E-state index in [-0.39, 0.29) is 0 Å². The van der Waals surface area contributed by atoms with Gasteiger partial charge in [-0.05, 0) is 6.07 Å². The molecule has 0 radical (unpaired) electrons. The first-order chi connectivity index (χ1) is 28.3. The number of aromatic nitrogens is 3. The Labute approximate surface area is 331 Å². The van der Waals surface area contributed by atoms with Crippen LogP contribution < -0.4 is 17.6 Å². The number of para-hydroxylation sites is 2. The summed E-state index contributed by atoms with van der Waals surface area (Å²) in [6, 6.07) is 72.2. The fourth-order valence-electron chi connectivity index (χ4n) is 9.49. The van der Waals surface area contributed by atoms with E-state index in [2.05, 4.69) is 193 Å². The maximum absolute atomic E-state index is 6.36. The summed E-state index contributed by atoms with van der Waals surface area (Å²) in [6.45, 7) is 0. The Morgan fingerprint density at radius 2 is 1.05 bits per heavy atom. The SMILES string of the molecule is c1ccc(-c2nc(-c3cccc(-n4c5ccccc5c5cc6oc7ccccc7c6cc54)c3)nc3[c]2[Ge]([c]2ccccc2)([c]2ccccc2)[c]2ccccc2-3)cc1. The van der Waals surface area contributed by atoms with Crippen LogP contribution in [0.5, 0.6) is 0 Å². The zero-order valence-corrected chi connectivity index (χ0v) is 32.9. The van der Waals surface area contributed by atoms with E-state index in [1.54, 1.807) is 0 Å². The van der Waals surface area contributed by atoms with Gasteiger partial charge in [0.15, 0.2) is 0 Å². The molecule has 0 spiro atoms. The summed E-state index contributed by atoms with van der Waals surface area (Å²) in [5, 5.41) is 4.57. The predicted molar refractivity (Wildman–Crippen MR) is 237 cm³/mol. The average molecular weight is 788 g/mol. The van der Waals surface area contributed by atoms with Gasteiger partial charge in [0.1, 0.15) is 5.58 Å². The van der Waals surface area contributed by atoms with E-state index in [0.29, 0.717) is 5.82 Å². The average Bonchev–Trinajstić information content (AvgIpc) is 3.92. The van der Waals surface area contributed by atoms with Gasteiger partial charge in [-0.25, -0.2) is 0 Å². The molecule has 1 aliphatic heterocycles. The minimum absolute atomic E-state index is 0.715. The topological polar surface area (TPSA) is 43.9 Å². The fourth-order valence-corrected chi connectivity index (χ4v) is 20.5. The molecule has 57 heavy (non-hydrogen) atoms. The molecule has 4 heterocycles. The summed E-state index contributed by atoms with van der Waals surface area (Å²) in [4.78, 5) is 11.3. The summed E-state index contributed by atoms with van der Waals surface area (Å²) in [5.41, 5.74) is 10.4. The number of nitrogens with zero attached hydrogens (tertiary/aromatic N) is 3. The minimum atomic E-state index is -3.65. The third-order valence-corrected chi connectivity index (χ3v) is 22.1. The summed E-state index contributed by atoms with van der Waals surface area (Å²) in [5.74, 6) is 0.715. The van der Waals surface area contributed by atoms with Gasteiger partial charge >= 0.3 is 299 Å². The van der Waals surface area contributed by atoms with Crippen LogP contribution in [0.2, 0.25) is 0 Å². The van der Waals surface area contributed by atoms with E-state index in [1.807, 2.05) is 12.1 Å². The molecule has 0 atom stereocenters. The molecule has 11 aromatic rings. The number of fused-ring (bicyclic) bond motifs is 9. The Balaban J connectivity index is 1.13. The van der Waals surface area contributed by atoms with Gasteiger partial charge in [0.2, 0.25) is 0 Å². The second kappa shape index (κ2) is 12.5. The van der Waals surface area contributed by atoms with Crippen molar-refractivity contribution < 1.29 is 4.42 Å². The first kappa shape index (κ1) is 32.2. The molecule has 266 valence electrons. The molecule has 0 bridgehead atoms. The monoisotopic (exact) mass is 789 g/mol. The molecule has 1 aliphatic rings. The summed E-state index contributed by atoms with van der Waals surface area (Å²) < 4.78 is 14.2. The third-order valence-electron chi connectivity index (χ3n) is 11.9. The molecule has 0 saturated carbocycles. The first-order valence-electron chi connectivity index (χ1n) is 19.4. The van der Waals surface area contributed by atoms with E-state index in [9.17, 15) is 0 Å². The van der Waals surface area contributed by atoms with Crippen LogP contribution in [0.4, 0.5) is 0 Å². The number of furan rings is 1. The van der Waals surface area contributed by atoms with E-state index in [1.165, 1.54) is 28.5 Å². The predicted octanol–water partition coefficient (Wildman–Crippen LogP) is 10.2. The van der Waals surface area contributed by atoms with Crippen molar-refractivity contribution in [2.75, 3.05) is 0 Å². The number of hydrogen-bond acceptors (Lipinski definition) is 3.